The second-order valence-electron chi connectivity index (χ2n) is 7.81. The first-order valence-electron chi connectivity index (χ1n) is 9.44. The van der Waals surface area contributed by atoms with Crippen molar-refractivity contribution in [2.24, 2.45) is 0 Å². The summed E-state index contributed by atoms with van der Waals surface area (Å²) in [6.45, 7) is 4.97. The lowest BCUT2D eigenvalue weighted by Gasteiger charge is -2.27. The number of alkyl carbamates (subject to hydrolysis) is 1. The predicted octanol–water partition coefficient (Wildman–Crippen LogP) is 5.22. The standard InChI is InChI=1S/C20H24BrF2N3O5S/c1-19(2,3)31-17(27)25-14(11-26(18(28)29)16-24-10-15(21)32-16)9-12-5-7-13(8-6-12)20(22,23)30-4/h5-8,10,14H,9,11H2,1-4H3,(H,25,27)(H,28,29)/t14-/m1/s1. The van der Waals surface area contributed by atoms with Crippen molar-refractivity contribution in [1.82, 2.24) is 10.3 Å². The molecule has 12 heteroatoms. The van der Waals surface area contributed by atoms with Gasteiger partial charge in [0.2, 0.25) is 0 Å². The predicted molar refractivity (Wildman–Crippen MR) is 119 cm³/mol. The highest BCUT2D eigenvalue weighted by Crippen LogP contribution is 2.29. The third kappa shape index (κ3) is 7.68. The van der Waals surface area contributed by atoms with Gasteiger partial charge >= 0.3 is 18.3 Å². The van der Waals surface area contributed by atoms with E-state index >= 15 is 0 Å². The van der Waals surface area contributed by atoms with Crippen molar-refractivity contribution in [3.63, 3.8) is 0 Å². The minimum atomic E-state index is -3.43. The number of carbonyl (C=O) groups excluding carboxylic acids is 1. The quantitative estimate of drug-likeness (QED) is 0.480. The van der Waals surface area contributed by atoms with E-state index in [9.17, 15) is 23.5 Å². The van der Waals surface area contributed by atoms with Gasteiger partial charge in [0.05, 0.1) is 28.1 Å². The van der Waals surface area contributed by atoms with Crippen molar-refractivity contribution in [1.29, 1.82) is 0 Å². The molecule has 2 amide bonds. The molecule has 0 unspecified atom stereocenters. The fraction of sp³-hybridized carbons (Fsp3) is 0.450. The van der Waals surface area contributed by atoms with Crippen molar-refractivity contribution in [3.8, 4) is 0 Å². The first kappa shape index (κ1) is 25.9. The Morgan fingerprint density at radius 3 is 2.38 bits per heavy atom. The van der Waals surface area contributed by atoms with Crippen LogP contribution in [0, 0.1) is 0 Å². The number of benzene rings is 1. The molecule has 32 heavy (non-hydrogen) atoms. The van der Waals surface area contributed by atoms with Crippen LogP contribution in [0.2, 0.25) is 0 Å². The molecule has 2 rings (SSSR count). The van der Waals surface area contributed by atoms with Crippen molar-refractivity contribution >= 4 is 44.6 Å². The molecule has 0 saturated heterocycles. The highest BCUT2D eigenvalue weighted by atomic mass is 79.9. The fourth-order valence-corrected chi connectivity index (χ4v) is 3.89. The van der Waals surface area contributed by atoms with E-state index in [4.69, 9.17) is 4.74 Å². The number of alkyl halides is 2. The van der Waals surface area contributed by atoms with E-state index in [0.29, 0.717) is 9.35 Å². The number of rotatable bonds is 8. The third-order valence-corrected chi connectivity index (χ3v) is 5.58. The van der Waals surface area contributed by atoms with E-state index in [0.717, 1.165) is 23.3 Å². The van der Waals surface area contributed by atoms with Crippen LogP contribution >= 0.6 is 27.3 Å². The van der Waals surface area contributed by atoms with Crippen LogP contribution in [-0.2, 0) is 22.0 Å². The van der Waals surface area contributed by atoms with Gasteiger partial charge < -0.3 is 19.9 Å². The Morgan fingerprint density at radius 2 is 1.91 bits per heavy atom. The van der Waals surface area contributed by atoms with Crippen LogP contribution in [0.5, 0.6) is 0 Å². The molecule has 1 heterocycles. The molecule has 1 atom stereocenters. The van der Waals surface area contributed by atoms with Gasteiger partial charge in [0, 0.05) is 7.11 Å². The summed E-state index contributed by atoms with van der Waals surface area (Å²) in [7, 11) is 0.909. The molecule has 2 aromatic rings. The van der Waals surface area contributed by atoms with Gasteiger partial charge in [0.1, 0.15) is 5.60 Å². The third-order valence-electron chi connectivity index (χ3n) is 4.08. The van der Waals surface area contributed by atoms with Gasteiger partial charge in [-0.2, -0.15) is 8.78 Å². The zero-order chi connectivity index (χ0) is 24.1. The molecule has 0 aliphatic rings. The van der Waals surface area contributed by atoms with Gasteiger partial charge in [-0.1, -0.05) is 35.6 Å². The number of methoxy groups -OCH3 is 1. The molecule has 0 bridgehead atoms. The zero-order valence-corrected chi connectivity index (χ0v) is 20.3. The maximum atomic E-state index is 13.7. The summed E-state index contributed by atoms with van der Waals surface area (Å²) < 4.78 is 37.5. The number of nitrogens with one attached hydrogen (secondary N) is 1. The molecule has 0 saturated carbocycles. The molecule has 0 aliphatic carbocycles. The number of hydrogen-bond donors (Lipinski definition) is 2. The van der Waals surface area contributed by atoms with E-state index in [-0.39, 0.29) is 23.7 Å². The van der Waals surface area contributed by atoms with Crippen molar-refractivity contribution in [3.05, 3.63) is 45.4 Å². The Hall–Kier alpha value is -2.31. The second-order valence-corrected chi connectivity index (χ2v) is 10.2. The number of hydrogen-bond acceptors (Lipinski definition) is 6. The van der Waals surface area contributed by atoms with E-state index in [1.54, 1.807) is 20.8 Å². The Kier molecular flexibility index (Phi) is 8.54. The molecular formula is C20H24BrF2N3O5S. The van der Waals surface area contributed by atoms with Crippen LogP contribution < -0.4 is 10.2 Å². The lowest BCUT2D eigenvalue weighted by Crippen LogP contribution is -2.48. The summed E-state index contributed by atoms with van der Waals surface area (Å²) in [5.74, 6) is 0. The van der Waals surface area contributed by atoms with E-state index < -0.39 is 29.9 Å². The highest BCUT2D eigenvalue weighted by molar-refractivity contribution is 9.11. The van der Waals surface area contributed by atoms with Crippen LogP contribution in [0.3, 0.4) is 0 Å². The minimum absolute atomic E-state index is 0.134. The minimum Gasteiger partial charge on any atom is -0.465 e. The molecule has 0 fully saturated rings. The van der Waals surface area contributed by atoms with Crippen LogP contribution in [0.1, 0.15) is 31.9 Å². The smallest absolute Gasteiger partial charge is 0.413 e. The summed E-state index contributed by atoms with van der Waals surface area (Å²) in [6.07, 6.45) is -3.77. The van der Waals surface area contributed by atoms with Crippen LogP contribution in [0.4, 0.5) is 23.5 Å². The van der Waals surface area contributed by atoms with Crippen molar-refractivity contribution in [2.45, 2.75) is 44.9 Å². The Labute approximate surface area is 196 Å². The number of halogens is 3. The van der Waals surface area contributed by atoms with Gasteiger partial charge in [-0.3, -0.25) is 4.90 Å². The summed E-state index contributed by atoms with van der Waals surface area (Å²) in [4.78, 5) is 29.2. The number of carboxylic acid groups (broad SMARTS) is 1. The number of nitrogens with zero attached hydrogens (tertiary/aromatic N) is 2. The summed E-state index contributed by atoms with van der Waals surface area (Å²) in [5.41, 5.74) is -0.470. The van der Waals surface area contributed by atoms with Gasteiger partial charge in [-0.25, -0.2) is 14.6 Å². The molecule has 1 aromatic heterocycles. The van der Waals surface area contributed by atoms with Crippen LogP contribution in [0.25, 0.3) is 0 Å². The molecule has 0 aliphatic heterocycles. The number of amides is 2. The Balaban J connectivity index is 2.25. The SMILES string of the molecule is COC(F)(F)c1ccc(C[C@H](CN(C(=O)O)c2ncc(Br)s2)NC(=O)OC(C)(C)C)cc1. The lowest BCUT2D eigenvalue weighted by molar-refractivity contribution is -0.231. The Bertz CT molecular complexity index is 934. The molecule has 8 nitrogen and oxygen atoms in total. The maximum absolute atomic E-state index is 13.7. The Morgan fingerprint density at radius 1 is 1.28 bits per heavy atom. The van der Waals surface area contributed by atoms with Crippen LogP contribution in [-0.4, -0.2) is 47.6 Å². The summed E-state index contributed by atoms with van der Waals surface area (Å²) in [6, 6.07) is 4.65. The zero-order valence-electron chi connectivity index (χ0n) is 17.9. The molecule has 176 valence electrons. The lowest BCUT2D eigenvalue weighted by atomic mass is 10.0. The first-order chi connectivity index (χ1) is 14.8. The van der Waals surface area contributed by atoms with Gasteiger partial charge in [0.15, 0.2) is 5.13 Å². The number of thiazole rings is 1. The number of ether oxygens (including phenoxy) is 2. The molecular weight excluding hydrogens is 512 g/mol. The van der Waals surface area contributed by atoms with Crippen molar-refractivity contribution in [2.75, 3.05) is 18.6 Å². The van der Waals surface area contributed by atoms with E-state index in [2.05, 4.69) is 31.0 Å². The highest BCUT2D eigenvalue weighted by Gasteiger charge is 2.31. The number of anilines is 1. The van der Waals surface area contributed by atoms with Gasteiger partial charge in [-0.05, 0) is 48.7 Å². The maximum Gasteiger partial charge on any atom is 0.413 e. The normalized spacial score (nSPS) is 12.8. The summed E-state index contributed by atoms with van der Waals surface area (Å²) in [5, 5.41) is 12.5. The number of aromatic nitrogens is 1. The first-order valence-corrected chi connectivity index (χ1v) is 11.1. The van der Waals surface area contributed by atoms with E-state index in [1.165, 1.54) is 30.5 Å². The largest absolute Gasteiger partial charge is 0.465 e. The van der Waals surface area contributed by atoms with Crippen molar-refractivity contribution < 1.29 is 33.0 Å². The van der Waals surface area contributed by atoms with Crippen LogP contribution in [0.15, 0.2) is 34.2 Å². The van der Waals surface area contributed by atoms with Gasteiger partial charge in [0.25, 0.3) is 0 Å². The average molecular weight is 536 g/mol. The monoisotopic (exact) mass is 535 g/mol. The summed E-state index contributed by atoms with van der Waals surface area (Å²) >= 11 is 4.36. The van der Waals surface area contributed by atoms with Gasteiger partial charge in [-0.15, -0.1) is 0 Å². The number of carbonyl (C=O) groups is 2. The molecule has 1 aromatic carbocycles. The topological polar surface area (TPSA) is 101 Å². The average Bonchev–Trinajstić information content (AvgIpc) is 3.10. The fourth-order valence-electron chi connectivity index (χ4n) is 2.70. The molecule has 2 N–H and O–H groups in total. The molecule has 0 radical (unpaired) electrons. The van der Waals surface area contributed by atoms with E-state index in [1.807, 2.05) is 0 Å². The second kappa shape index (κ2) is 10.5. The molecule has 0 spiro atoms.